The van der Waals surface area contributed by atoms with Gasteiger partial charge in [-0.25, -0.2) is 12.8 Å². The van der Waals surface area contributed by atoms with Gasteiger partial charge in [-0.2, -0.15) is 4.31 Å². The molecule has 0 aliphatic carbocycles. The predicted octanol–water partition coefficient (Wildman–Crippen LogP) is 2.81. The van der Waals surface area contributed by atoms with Gasteiger partial charge >= 0.3 is 11.8 Å². The number of carbonyl (C=O) groups is 2. The van der Waals surface area contributed by atoms with E-state index in [9.17, 15) is 22.4 Å². The number of halogens is 1. The molecule has 1 aliphatic heterocycles. The van der Waals surface area contributed by atoms with Crippen LogP contribution in [0.25, 0.3) is 0 Å². The van der Waals surface area contributed by atoms with Crippen molar-refractivity contribution in [3.05, 3.63) is 65.0 Å². The van der Waals surface area contributed by atoms with E-state index in [0.29, 0.717) is 19.4 Å². The van der Waals surface area contributed by atoms with Crippen molar-refractivity contribution in [2.75, 3.05) is 13.1 Å². The topological polar surface area (TPSA) is 95.6 Å². The first-order chi connectivity index (χ1) is 15.7. The molecule has 1 saturated heterocycles. The number of amides is 2. The Bertz CT molecular complexity index is 1120. The average molecular weight is 476 g/mol. The Kier molecular flexibility index (Phi) is 8.20. The second-order valence-corrected chi connectivity index (χ2v) is 10.2. The summed E-state index contributed by atoms with van der Waals surface area (Å²) in [6.07, 6.45) is 2.67. The largest absolute Gasteiger partial charge is 0.348 e. The summed E-state index contributed by atoms with van der Waals surface area (Å²) in [6.45, 7) is 4.26. The number of carbonyl (C=O) groups excluding carboxylic acids is 2. The lowest BCUT2D eigenvalue weighted by atomic mass is 10.0. The minimum Gasteiger partial charge on any atom is -0.348 e. The van der Waals surface area contributed by atoms with Gasteiger partial charge in [-0.15, -0.1) is 0 Å². The van der Waals surface area contributed by atoms with Crippen LogP contribution in [0.3, 0.4) is 0 Å². The number of aryl methyl sites for hydroxylation is 2. The molecule has 2 N–H and O–H groups in total. The van der Waals surface area contributed by atoms with Crippen LogP contribution >= 0.6 is 0 Å². The summed E-state index contributed by atoms with van der Waals surface area (Å²) < 4.78 is 41.4. The molecule has 7 nitrogen and oxygen atoms in total. The van der Waals surface area contributed by atoms with Gasteiger partial charge in [0.1, 0.15) is 5.82 Å². The fourth-order valence-corrected chi connectivity index (χ4v) is 5.80. The van der Waals surface area contributed by atoms with Crippen LogP contribution in [0.2, 0.25) is 0 Å². The smallest absolute Gasteiger partial charge is 0.309 e. The molecule has 0 spiro atoms. The van der Waals surface area contributed by atoms with Gasteiger partial charge < -0.3 is 10.6 Å². The number of nitrogens with one attached hydrogen (secondary N) is 2. The standard InChI is InChI=1S/C24H30FN3O4S/c1-17-7-3-4-8-19(17)16-27-24(30)23(29)26-13-12-20-9-5-6-14-28(20)33(31,32)21-10-11-22(25)18(2)15-21/h3-4,7-8,10-11,15,20H,5-6,9,12-14,16H2,1-2H3,(H,26,29)(H,27,30). The van der Waals surface area contributed by atoms with Gasteiger partial charge in [-0.3, -0.25) is 9.59 Å². The monoisotopic (exact) mass is 475 g/mol. The van der Waals surface area contributed by atoms with Crippen molar-refractivity contribution >= 4 is 21.8 Å². The Hall–Kier alpha value is -2.78. The van der Waals surface area contributed by atoms with Crippen LogP contribution in [0.4, 0.5) is 4.39 Å². The third kappa shape index (κ3) is 6.17. The molecule has 2 aromatic carbocycles. The number of nitrogens with zero attached hydrogens (tertiary/aromatic N) is 1. The molecular weight excluding hydrogens is 445 g/mol. The summed E-state index contributed by atoms with van der Waals surface area (Å²) in [7, 11) is -3.79. The van der Waals surface area contributed by atoms with Crippen LogP contribution < -0.4 is 10.6 Å². The number of benzene rings is 2. The maximum Gasteiger partial charge on any atom is 0.309 e. The summed E-state index contributed by atoms with van der Waals surface area (Å²) >= 11 is 0. The summed E-state index contributed by atoms with van der Waals surface area (Å²) in [5.74, 6) is -1.93. The van der Waals surface area contributed by atoms with Gasteiger partial charge in [0, 0.05) is 25.7 Å². The van der Waals surface area contributed by atoms with Crippen LogP contribution in [0, 0.1) is 19.7 Å². The van der Waals surface area contributed by atoms with Crippen molar-refractivity contribution in [2.24, 2.45) is 0 Å². The van der Waals surface area contributed by atoms with Crippen LogP contribution in [0.1, 0.15) is 42.4 Å². The number of hydrogen-bond acceptors (Lipinski definition) is 4. The highest BCUT2D eigenvalue weighted by molar-refractivity contribution is 7.89. The highest BCUT2D eigenvalue weighted by Crippen LogP contribution is 2.27. The van der Waals surface area contributed by atoms with E-state index in [1.165, 1.54) is 23.4 Å². The third-order valence-corrected chi connectivity index (χ3v) is 7.93. The SMILES string of the molecule is Cc1cc(S(=O)(=O)N2CCCCC2CCNC(=O)C(=O)NCc2ccccc2C)ccc1F. The predicted molar refractivity (Wildman–Crippen MR) is 123 cm³/mol. The van der Waals surface area contributed by atoms with Crippen LogP contribution in [0.15, 0.2) is 47.4 Å². The van der Waals surface area contributed by atoms with Gasteiger partial charge in [0.15, 0.2) is 0 Å². The maximum absolute atomic E-state index is 13.6. The van der Waals surface area contributed by atoms with Gasteiger partial charge in [0.25, 0.3) is 0 Å². The summed E-state index contributed by atoms with van der Waals surface area (Å²) in [5, 5.41) is 5.19. The zero-order valence-electron chi connectivity index (χ0n) is 18.9. The Labute approximate surface area is 194 Å². The fraction of sp³-hybridized carbons (Fsp3) is 0.417. The molecule has 1 atom stereocenters. The highest BCUT2D eigenvalue weighted by atomic mass is 32.2. The van der Waals surface area contributed by atoms with Crippen LogP contribution in [0.5, 0.6) is 0 Å². The normalized spacial score (nSPS) is 16.9. The van der Waals surface area contributed by atoms with Gasteiger partial charge in [-0.05, 0) is 68.0 Å². The van der Waals surface area contributed by atoms with E-state index < -0.39 is 27.7 Å². The van der Waals surface area contributed by atoms with Crippen molar-refractivity contribution < 1.29 is 22.4 Å². The summed E-state index contributed by atoms with van der Waals surface area (Å²) in [5.41, 5.74) is 2.22. The molecular formula is C24H30FN3O4S. The van der Waals surface area contributed by atoms with Crippen molar-refractivity contribution in [3.8, 4) is 0 Å². The van der Waals surface area contributed by atoms with E-state index in [1.807, 2.05) is 31.2 Å². The number of piperidine rings is 1. The molecule has 9 heteroatoms. The lowest BCUT2D eigenvalue weighted by Gasteiger charge is -2.34. The molecule has 1 unspecified atom stereocenters. The quantitative estimate of drug-likeness (QED) is 0.602. The third-order valence-electron chi connectivity index (χ3n) is 5.98. The molecule has 33 heavy (non-hydrogen) atoms. The minimum absolute atomic E-state index is 0.0629. The van der Waals surface area contributed by atoms with Crippen molar-refractivity contribution in [3.63, 3.8) is 0 Å². The van der Waals surface area contributed by atoms with Crippen LogP contribution in [-0.2, 0) is 26.2 Å². The lowest BCUT2D eigenvalue weighted by molar-refractivity contribution is -0.139. The van der Waals surface area contributed by atoms with E-state index >= 15 is 0 Å². The molecule has 0 aromatic heterocycles. The highest BCUT2D eigenvalue weighted by Gasteiger charge is 2.33. The molecule has 0 bridgehead atoms. The molecule has 1 aliphatic rings. The first-order valence-corrected chi connectivity index (χ1v) is 12.5. The average Bonchev–Trinajstić information content (AvgIpc) is 2.80. The van der Waals surface area contributed by atoms with Crippen molar-refractivity contribution in [2.45, 2.75) is 57.0 Å². The van der Waals surface area contributed by atoms with Crippen molar-refractivity contribution in [1.29, 1.82) is 0 Å². The molecule has 1 heterocycles. The summed E-state index contributed by atoms with van der Waals surface area (Å²) in [4.78, 5) is 24.4. The molecule has 0 saturated carbocycles. The van der Waals surface area contributed by atoms with E-state index in [2.05, 4.69) is 10.6 Å². The molecule has 2 aromatic rings. The number of sulfonamides is 1. The number of hydrogen-bond donors (Lipinski definition) is 2. The Morgan fingerprint density at radius 1 is 1.03 bits per heavy atom. The first kappa shape index (κ1) is 24.9. The number of rotatable bonds is 7. The van der Waals surface area contributed by atoms with E-state index in [1.54, 1.807) is 0 Å². The zero-order chi connectivity index (χ0) is 24.0. The minimum atomic E-state index is -3.79. The van der Waals surface area contributed by atoms with E-state index in [-0.39, 0.29) is 29.6 Å². The first-order valence-electron chi connectivity index (χ1n) is 11.1. The molecule has 0 radical (unpaired) electrons. The maximum atomic E-state index is 13.6. The zero-order valence-corrected chi connectivity index (χ0v) is 19.8. The van der Waals surface area contributed by atoms with Gasteiger partial charge in [0.2, 0.25) is 10.0 Å². The molecule has 178 valence electrons. The fourth-order valence-electron chi connectivity index (χ4n) is 3.99. The lowest BCUT2D eigenvalue weighted by Crippen LogP contribution is -2.46. The Morgan fingerprint density at radius 3 is 2.48 bits per heavy atom. The van der Waals surface area contributed by atoms with E-state index in [4.69, 9.17) is 0 Å². The molecule has 2 amide bonds. The summed E-state index contributed by atoms with van der Waals surface area (Å²) in [6, 6.07) is 11.1. The Morgan fingerprint density at radius 2 is 1.76 bits per heavy atom. The van der Waals surface area contributed by atoms with Crippen molar-refractivity contribution in [1.82, 2.24) is 14.9 Å². The molecule has 1 fully saturated rings. The van der Waals surface area contributed by atoms with Crippen LogP contribution in [-0.4, -0.2) is 43.7 Å². The molecule has 3 rings (SSSR count). The van der Waals surface area contributed by atoms with E-state index in [0.717, 1.165) is 30.0 Å². The van der Waals surface area contributed by atoms with Gasteiger partial charge in [-0.1, -0.05) is 30.7 Å². The second-order valence-electron chi connectivity index (χ2n) is 8.33. The van der Waals surface area contributed by atoms with Gasteiger partial charge in [0.05, 0.1) is 4.90 Å². The second kappa shape index (κ2) is 10.9. The Balaban J connectivity index is 1.55.